The molecule has 0 amide bonds. The summed E-state index contributed by atoms with van der Waals surface area (Å²) in [4.78, 5) is 2.29. The summed E-state index contributed by atoms with van der Waals surface area (Å²) in [5.41, 5.74) is 0. The van der Waals surface area contributed by atoms with Crippen LogP contribution >= 0.6 is 0 Å². The second-order valence-corrected chi connectivity index (χ2v) is 7.52. The number of rotatable bonds is 6. The lowest BCUT2D eigenvalue weighted by Gasteiger charge is -2.24. The molecule has 1 saturated heterocycles. The SMILES string of the molecule is CN(CCNS(=O)(=O)C1CCNC1)C1CCCC1. The number of hydrogen-bond acceptors (Lipinski definition) is 4. The molecule has 0 aromatic heterocycles. The molecule has 2 N–H and O–H groups in total. The Morgan fingerprint density at radius 3 is 2.61 bits per heavy atom. The lowest BCUT2D eigenvalue weighted by atomic mass is 10.2. The maximum atomic E-state index is 12.0. The van der Waals surface area contributed by atoms with Crippen molar-refractivity contribution >= 4 is 10.0 Å². The van der Waals surface area contributed by atoms with E-state index in [1.165, 1.54) is 25.7 Å². The Bertz CT molecular complexity index is 346. The standard InChI is InChI=1S/C12H25N3O2S/c1-15(11-4-2-3-5-11)9-8-14-18(16,17)12-6-7-13-10-12/h11-14H,2-10H2,1H3. The van der Waals surface area contributed by atoms with Gasteiger partial charge in [0, 0.05) is 25.7 Å². The van der Waals surface area contributed by atoms with Gasteiger partial charge in [-0.25, -0.2) is 13.1 Å². The molecule has 1 aliphatic heterocycles. The maximum Gasteiger partial charge on any atom is 0.215 e. The molecule has 1 heterocycles. The van der Waals surface area contributed by atoms with Gasteiger partial charge in [0.25, 0.3) is 0 Å². The highest BCUT2D eigenvalue weighted by Gasteiger charge is 2.28. The van der Waals surface area contributed by atoms with Gasteiger partial charge >= 0.3 is 0 Å². The van der Waals surface area contributed by atoms with Crippen LogP contribution in [0.15, 0.2) is 0 Å². The number of hydrogen-bond donors (Lipinski definition) is 2. The Balaban J connectivity index is 1.70. The first-order valence-electron chi connectivity index (χ1n) is 6.99. The zero-order valence-corrected chi connectivity index (χ0v) is 12.0. The zero-order chi connectivity index (χ0) is 13.0. The van der Waals surface area contributed by atoms with Crippen molar-refractivity contribution in [3.8, 4) is 0 Å². The van der Waals surface area contributed by atoms with Crippen LogP contribution in [-0.4, -0.2) is 57.8 Å². The first-order valence-corrected chi connectivity index (χ1v) is 8.53. The van der Waals surface area contributed by atoms with Crippen LogP contribution in [0.5, 0.6) is 0 Å². The normalized spacial score (nSPS) is 26.2. The van der Waals surface area contributed by atoms with E-state index in [1.807, 2.05) is 0 Å². The summed E-state index contributed by atoms with van der Waals surface area (Å²) in [6, 6.07) is 0.655. The first-order chi connectivity index (χ1) is 8.59. The summed E-state index contributed by atoms with van der Waals surface area (Å²) in [5.74, 6) is 0. The third-order valence-electron chi connectivity index (χ3n) is 4.17. The monoisotopic (exact) mass is 275 g/mol. The van der Waals surface area contributed by atoms with E-state index in [-0.39, 0.29) is 5.25 Å². The molecular weight excluding hydrogens is 250 g/mol. The predicted octanol–water partition coefficient (Wildman–Crippen LogP) is 0.142. The van der Waals surface area contributed by atoms with Crippen LogP contribution in [0, 0.1) is 0 Å². The van der Waals surface area contributed by atoms with Crippen molar-refractivity contribution in [1.82, 2.24) is 14.9 Å². The summed E-state index contributed by atoms with van der Waals surface area (Å²) < 4.78 is 26.7. The molecule has 1 unspecified atom stereocenters. The molecule has 2 fully saturated rings. The van der Waals surface area contributed by atoms with Crippen molar-refractivity contribution < 1.29 is 8.42 Å². The summed E-state index contributed by atoms with van der Waals surface area (Å²) in [5, 5.41) is 2.85. The molecule has 1 atom stereocenters. The average Bonchev–Trinajstić information content (AvgIpc) is 3.02. The van der Waals surface area contributed by atoms with Gasteiger partial charge in [0.15, 0.2) is 0 Å². The molecule has 0 aromatic carbocycles. The van der Waals surface area contributed by atoms with E-state index < -0.39 is 10.0 Å². The minimum atomic E-state index is -3.12. The van der Waals surface area contributed by atoms with Crippen LogP contribution in [0.25, 0.3) is 0 Å². The van der Waals surface area contributed by atoms with E-state index in [9.17, 15) is 8.42 Å². The molecule has 0 aromatic rings. The highest BCUT2D eigenvalue weighted by Crippen LogP contribution is 2.21. The van der Waals surface area contributed by atoms with Gasteiger partial charge in [0.1, 0.15) is 0 Å². The highest BCUT2D eigenvalue weighted by molar-refractivity contribution is 7.90. The van der Waals surface area contributed by atoms with E-state index in [0.717, 1.165) is 19.5 Å². The van der Waals surface area contributed by atoms with E-state index in [4.69, 9.17) is 0 Å². The van der Waals surface area contributed by atoms with Crippen LogP contribution in [0.3, 0.4) is 0 Å². The van der Waals surface area contributed by atoms with Gasteiger partial charge in [0.2, 0.25) is 10.0 Å². The lowest BCUT2D eigenvalue weighted by molar-refractivity contribution is 0.250. The molecule has 1 saturated carbocycles. The molecular formula is C12H25N3O2S. The number of nitrogens with zero attached hydrogens (tertiary/aromatic N) is 1. The molecule has 2 aliphatic rings. The molecule has 106 valence electrons. The fraction of sp³-hybridized carbons (Fsp3) is 1.00. The third kappa shape index (κ3) is 3.66. The maximum absolute atomic E-state index is 12.0. The Kier molecular flexibility index (Phi) is 5.00. The third-order valence-corrected chi connectivity index (χ3v) is 6.06. The average molecular weight is 275 g/mol. The van der Waals surface area contributed by atoms with E-state index in [0.29, 0.717) is 19.1 Å². The zero-order valence-electron chi connectivity index (χ0n) is 11.2. The second kappa shape index (κ2) is 6.32. The van der Waals surface area contributed by atoms with Crippen molar-refractivity contribution in [2.45, 2.75) is 43.4 Å². The molecule has 0 bridgehead atoms. The van der Waals surface area contributed by atoms with Gasteiger partial charge in [-0.2, -0.15) is 0 Å². The predicted molar refractivity (Wildman–Crippen MR) is 73.1 cm³/mol. The van der Waals surface area contributed by atoms with E-state index in [1.54, 1.807) is 0 Å². The second-order valence-electron chi connectivity index (χ2n) is 5.47. The van der Waals surface area contributed by atoms with Gasteiger partial charge in [-0.3, -0.25) is 0 Å². The van der Waals surface area contributed by atoms with Gasteiger partial charge < -0.3 is 10.2 Å². The molecule has 2 rings (SSSR count). The molecule has 18 heavy (non-hydrogen) atoms. The fourth-order valence-corrected chi connectivity index (χ4v) is 4.28. The van der Waals surface area contributed by atoms with Gasteiger partial charge in [-0.05, 0) is 32.9 Å². The summed E-state index contributed by atoms with van der Waals surface area (Å²) in [7, 11) is -1.02. The van der Waals surface area contributed by atoms with Crippen molar-refractivity contribution in [3.05, 3.63) is 0 Å². The topological polar surface area (TPSA) is 61.4 Å². The molecule has 0 spiro atoms. The van der Waals surface area contributed by atoms with Crippen molar-refractivity contribution in [1.29, 1.82) is 0 Å². The molecule has 1 aliphatic carbocycles. The molecule has 0 radical (unpaired) electrons. The van der Waals surface area contributed by atoms with Crippen LogP contribution in [0.4, 0.5) is 0 Å². The van der Waals surface area contributed by atoms with E-state index in [2.05, 4.69) is 22.0 Å². The number of likely N-dealkylation sites (N-methyl/N-ethyl adjacent to an activating group) is 1. The van der Waals surface area contributed by atoms with Crippen molar-refractivity contribution in [2.24, 2.45) is 0 Å². The summed E-state index contributed by atoms with van der Waals surface area (Å²) in [6.07, 6.45) is 5.88. The van der Waals surface area contributed by atoms with Crippen molar-refractivity contribution in [2.75, 3.05) is 33.2 Å². The van der Waals surface area contributed by atoms with Gasteiger partial charge in [-0.1, -0.05) is 12.8 Å². The van der Waals surface area contributed by atoms with E-state index >= 15 is 0 Å². The Hall–Kier alpha value is -0.170. The Morgan fingerprint density at radius 2 is 2.00 bits per heavy atom. The van der Waals surface area contributed by atoms with Crippen LogP contribution in [-0.2, 0) is 10.0 Å². The number of sulfonamides is 1. The first kappa shape index (κ1) is 14.2. The fourth-order valence-electron chi connectivity index (χ4n) is 2.90. The van der Waals surface area contributed by atoms with Gasteiger partial charge in [-0.15, -0.1) is 0 Å². The highest BCUT2D eigenvalue weighted by atomic mass is 32.2. The van der Waals surface area contributed by atoms with Crippen molar-refractivity contribution in [3.63, 3.8) is 0 Å². The minimum absolute atomic E-state index is 0.241. The van der Waals surface area contributed by atoms with Gasteiger partial charge in [0.05, 0.1) is 5.25 Å². The quantitative estimate of drug-likeness (QED) is 0.724. The lowest BCUT2D eigenvalue weighted by Crippen LogP contribution is -2.41. The molecule has 6 heteroatoms. The largest absolute Gasteiger partial charge is 0.315 e. The molecule has 5 nitrogen and oxygen atoms in total. The minimum Gasteiger partial charge on any atom is -0.315 e. The van der Waals surface area contributed by atoms with Crippen LogP contribution < -0.4 is 10.0 Å². The summed E-state index contributed by atoms with van der Waals surface area (Å²) in [6.45, 7) is 2.75. The smallest absolute Gasteiger partial charge is 0.215 e. The summed E-state index contributed by atoms with van der Waals surface area (Å²) >= 11 is 0. The van der Waals surface area contributed by atoms with Crippen LogP contribution in [0.1, 0.15) is 32.1 Å². The number of nitrogens with one attached hydrogen (secondary N) is 2. The van der Waals surface area contributed by atoms with Crippen LogP contribution in [0.2, 0.25) is 0 Å². The Labute approximate surface area is 110 Å². The Morgan fingerprint density at radius 1 is 1.28 bits per heavy atom.